The molecule has 2 aromatic heterocycles. The van der Waals surface area contributed by atoms with Gasteiger partial charge in [-0.2, -0.15) is 0 Å². The fourth-order valence-corrected chi connectivity index (χ4v) is 4.26. The fraction of sp³-hybridized carbons (Fsp3) is 0.238. The number of nitrogens with zero attached hydrogens (tertiary/aromatic N) is 2. The SMILES string of the molecule is CCN(CC)Cc1c(O)ccc2c(=O)c(-c3nc4c(O)cccc4s3)coc12. The summed E-state index contributed by atoms with van der Waals surface area (Å²) in [4.78, 5) is 19.7. The van der Waals surface area contributed by atoms with E-state index in [1.54, 1.807) is 18.2 Å². The second kappa shape index (κ2) is 7.26. The number of para-hydroxylation sites is 1. The second-order valence-corrected chi connectivity index (χ2v) is 7.55. The first-order chi connectivity index (χ1) is 13.5. The predicted molar refractivity (Wildman–Crippen MR) is 111 cm³/mol. The molecule has 7 heteroatoms. The van der Waals surface area contributed by atoms with Crippen molar-refractivity contribution in [3.05, 3.63) is 52.4 Å². The Morgan fingerprint density at radius 1 is 1.11 bits per heavy atom. The van der Waals surface area contributed by atoms with E-state index >= 15 is 0 Å². The lowest BCUT2D eigenvalue weighted by molar-refractivity contribution is 0.290. The molecule has 0 aliphatic carbocycles. The van der Waals surface area contributed by atoms with Crippen LogP contribution in [-0.2, 0) is 6.54 Å². The van der Waals surface area contributed by atoms with Crippen LogP contribution < -0.4 is 5.43 Å². The van der Waals surface area contributed by atoms with Gasteiger partial charge in [0.2, 0.25) is 5.43 Å². The molecule has 6 nitrogen and oxygen atoms in total. The Balaban J connectivity index is 1.88. The number of fused-ring (bicyclic) bond motifs is 2. The summed E-state index contributed by atoms with van der Waals surface area (Å²) in [6, 6.07) is 8.27. The van der Waals surface area contributed by atoms with Gasteiger partial charge in [0.1, 0.15) is 33.9 Å². The van der Waals surface area contributed by atoms with Crippen molar-refractivity contribution in [1.29, 1.82) is 0 Å². The quantitative estimate of drug-likeness (QED) is 0.522. The van der Waals surface area contributed by atoms with E-state index in [0.29, 0.717) is 39.2 Å². The monoisotopic (exact) mass is 396 g/mol. The van der Waals surface area contributed by atoms with Crippen molar-refractivity contribution in [3.63, 3.8) is 0 Å². The molecule has 0 bridgehead atoms. The molecule has 2 heterocycles. The van der Waals surface area contributed by atoms with E-state index < -0.39 is 0 Å². The average Bonchev–Trinajstić information content (AvgIpc) is 3.13. The summed E-state index contributed by atoms with van der Waals surface area (Å²) in [5, 5.41) is 21.2. The second-order valence-electron chi connectivity index (χ2n) is 6.52. The molecule has 4 rings (SSSR count). The Morgan fingerprint density at radius 2 is 1.89 bits per heavy atom. The molecule has 0 spiro atoms. The number of hydrogen-bond donors (Lipinski definition) is 2. The number of rotatable bonds is 5. The van der Waals surface area contributed by atoms with Crippen LogP contribution >= 0.6 is 11.3 Å². The molecule has 0 amide bonds. The zero-order chi connectivity index (χ0) is 19.8. The van der Waals surface area contributed by atoms with E-state index in [9.17, 15) is 15.0 Å². The normalized spacial score (nSPS) is 11.7. The lowest BCUT2D eigenvalue weighted by Crippen LogP contribution is -2.22. The number of phenols is 2. The minimum Gasteiger partial charge on any atom is -0.507 e. The first kappa shape index (κ1) is 18.5. The molecule has 28 heavy (non-hydrogen) atoms. The molecule has 0 fully saturated rings. The summed E-state index contributed by atoms with van der Waals surface area (Å²) in [5.41, 5.74) is 1.60. The maximum absolute atomic E-state index is 13.1. The molecule has 0 atom stereocenters. The molecular weight excluding hydrogens is 376 g/mol. The third kappa shape index (κ3) is 3.02. The van der Waals surface area contributed by atoms with Crippen LogP contribution in [-0.4, -0.2) is 33.2 Å². The molecule has 2 N–H and O–H groups in total. The summed E-state index contributed by atoms with van der Waals surface area (Å²) in [5.74, 6) is 0.191. The van der Waals surface area contributed by atoms with Gasteiger partial charge in [0.15, 0.2) is 0 Å². The largest absolute Gasteiger partial charge is 0.507 e. The third-order valence-electron chi connectivity index (χ3n) is 4.92. The van der Waals surface area contributed by atoms with Crippen molar-refractivity contribution < 1.29 is 14.6 Å². The van der Waals surface area contributed by atoms with Crippen molar-refractivity contribution in [3.8, 4) is 22.1 Å². The van der Waals surface area contributed by atoms with E-state index in [4.69, 9.17) is 4.42 Å². The van der Waals surface area contributed by atoms with Crippen LogP contribution in [0.25, 0.3) is 31.8 Å². The van der Waals surface area contributed by atoms with Gasteiger partial charge >= 0.3 is 0 Å². The van der Waals surface area contributed by atoms with Crippen LogP contribution in [0.15, 0.2) is 45.8 Å². The molecule has 0 saturated carbocycles. The predicted octanol–water partition coefficient (Wildman–Crippen LogP) is 4.32. The van der Waals surface area contributed by atoms with E-state index in [1.165, 1.54) is 23.7 Å². The van der Waals surface area contributed by atoms with Gasteiger partial charge in [0.05, 0.1) is 21.2 Å². The van der Waals surface area contributed by atoms with E-state index in [0.717, 1.165) is 17.8 Å². The molecular formula is C21H20N2O4S. The number of aromatic nitrogens is 1. The Hall–Kier alpha value is -2.90. The first-order valence-corrected chi connectivity index (χ1v) is 9.92. The molecule has 0 saturated heterocycles. The molecule has 0 aliphatic heterocycles. The van der Waals surface area contributed by atoms with Gasteiger partial charge in [-0.1, -0.05) is 19.9 Å². The minimum atomic E-state index is -0.208. The van der Waals surface area contributed by atoms with Crippen molar-refractivity contribution in [1.82, 2.24) is 9.88 Å². The molecule has 4 aromatic rings. The smallest absolute Gasteiger partial charge is 0.202 e. The maximum atomic E-state index is 13.1. The van der Waals surface area contributed by atoms with Crippen molar-refractivity contribution in [2.75, 3.05) is 13.1 Å². The molecule has 0 radical (unpaired) electrons. The number of aromatic hydroxyl groups is 2. The van der Waals surface area contributed by atoms with Gasteiger partial charge in [-0.25, -0.2) is 4.98 Å². The van der Waals surface area contributed by atoms with Crippen molar-refractivity contribution in [2.45, 2.75) is 20.4 Å². The maximum Gasteiger partial charge on any atom is 0.202 e. The fourth-order valence-electron chi connectivity index (χ4n) is 3.27. The molecule has 0 aliphatic rings. The number of thiazole rings is 1. The Bertz CT molecular complexity index is 1220. The third-order valence-corrected chi connectivity index (χ3v) is 5.98. The molecule has 2 aromatic carbocycles. The summed E-state index contributed by atoms with van der Waals surface area (Å²) < 4.78 is 6.62. The molecule has 144 valence electrons. The van der Waals surface area contributed by atoms with Crippen LogP contribution in [0.1, 0.15) is 19.4 Å². The highest BCUT2D eigenvalue weighted by molar-refractivity contribution is 7.21. The number of hydrogen-bond acceptors (Lipinski definition) is 7. The van der Waals surface area contributed by atoms with Crippen LogP contribution in [0.4, 0.5) is 0 Å². The van der Waals surface area contributed by atoms with Crippen molar-refractivity contribution >= 4 is 32.5 Å². The number of benzene rings is 2. The lowest BCUT2D eigenvalue weighted by Gasteiger charge is -2.19. The lowest BCUT2D eigenvalue weighted by atomic mass is 10.1. The highest BCUT2D eigenvalue weighted by Gasteiger charge is 2.19. The molecule has 0 unspecified atom stereocenters. The topological polar surface area (TPSA) is 86.8 Å². The van der Waals surface area contributed by atoms with E-state index in [2.05, 4.69) is 9.88 Å². The van der Waals surface area contributed by atoms with Crippen LogP contribution in [0.5, 0.6) is 11.5 Å². The Labute approximate surface area is 165 Å². The standard InChI is InChI=1S/C21H20N2O4S/c1-3-23(4-2)10-13-15(24)9-8-12-19(26)14(11-27-20(12)13)21-22-18-16(25)6-5-7-17(18)28-21/h5-9,11,24-25H,3-4,10H2,1-2H3. The van der Waals surface area contributed by atoms with Gasteiger partial charge < -0.3 is 14.6 Å². The minimum absolute atomic E-state index is 0.0802. The van der Waals surface area contributed by atoms with Gasteiger partial charge in [-0.3, -0.25) is 9.69 Å². The van der Waals surface area contributed by atoms with Crippen LogP contribution in [0.2, 0.25) is 0 Å². The number of phenolic OH excluding ortho intramolecular Hbond substituents is 2. The van der Waals surface area contributed by atoms with Gasteiger partial charge in [-0.05, 0) is 37.4 Å². The summed E-state index contributed by atoms with van der Waals surface area (Å²) in [6.07, 6.45) is 1.39. The summed E-state index contributed by atoms with van der Waals surface area (Å²) in [6.45, 7) is 6.23. The van der Waals surface area contributed by atoms with Crippen molar-refractivity contribution in [2.24, 2.45) is 0 Å². The van der Waals surface area contributed by atoms with Crippen LogP contribution in [0, 0.1) is 0 Å². The first-order valence-electron chi connectivity index (χ1n) is 9.11. The summed E-state index contributed by atoms with van der Waals surface area (Å²) in [7, 11) is 0. The van der Waals surface area contributed by atoms with E-state index in [-0.39, 0.29) is 16.9 Å². The summed E-state index contributed by atoms with van der Waals surface area (Å²) >= 11 is 1.32. The highest BCUT2D eigenvalue weighted by Crippen LogP contribution is 2.34. The van der Waals surface area contributed by atoms with Gasteiger partial charge in [0.25, 0.3) is 0 Å². The van der Waals surface area contributed by atoms with E-state index in [1.807, 2.05) is 19.9 Å². The highest BCUT2D eigenvalue weighted by atomic mass is 32.1. The Morgan fingerprint density at radius 3 is 2.61 bits per heavy atom. The van der Waals surface area contributed by atoms with Gasteiger partial charge in [-0.15, -0.1) is 11.3 Å². The Kier molecular flexibility index (Phi) is 4.78. The van der Waals surface area contributed by atoms with Gasteiger partial charge in [0, 0.05) is 6.54 Å². The zero-order valence-corrected chi connectivity index (χ0v) is 16.4. The average molecular weight is 396 g/mol. The zero-order valence-electron chi connectivity index (χ0n) is 15.6. The van der Waals surface area contributed by atoms with Crippen LogP contribution in [0.3, 0.4) is 0 Å².